The number of hydrogen-bond acceptors (Lipinski definition) is 5. The van der Waals surface area contributed by atoms with Crippen LogP contribution in [0, 0.1) is 0 Å². The molecule has 7 nitrogen and oxygen atoms in total. The van der Waals surface area contributed by atoms with Crippen LogP contribution in [0.2, 0.25) is 0 Å². The van der Waals surface area contributed by atoms with Crippen molar-refractivity contribution in [2.45, 2.75) is 26.2 Å². The molecule has 1 saturated heterocycles. The van der Waals surface area contributed by atoms with E-state index in [9.17, 15) is 4.79 Å². The Labute approximate surface area is 154 Å². The first-order valence-electron chi connectivity index (χ1n) is 9.36. The third kappa shape index (κ3) is 5.12. The van der Waals surface area contributed by atoms with Gasteiger partial charge in [0.25, 0.3) is 5.91 Å². The third-order valence-electron chi connectivity index (χ3n) is 4.56. The number of benzene rings is 1. The molecule has 1 fully saturated rings. The number of rotatable bonds is 8. The van der Waals surface area contributed by atoms with Crippen LogP contribution in [0.15, 0.2) is 30.5 Å². The monoisotopic (exact) mass is 357 g/mol. The second-order valence-corrected chi connectivity index (χ2v) is 6.53. The molecule has 2 heterocycles. The first kappa shape index (κ1) is 18.5. The third-order valence-corrected chi connectivity index (χ3v) is 4.56. The average molecular weight is 357 g/mol. The van der Waals surface area contributed by atoms with E-state index in [0.717, 1.165) is 45.0 Å². The van der Waals surface area contributed by atoms with Crippen molar-refractivity contribution in [1.29, 1.82) is 0 Å². The number of nitrogens with zero attached hydrogens (tertiary/aromatic N) is 4. The van der Waals surface area contributed by atoms with Gasteiger partial charge in [0.1, 0.15) is 0 Å². The summed E-state index contributed by atoms with van der Waals surface area (Å²) in [5, 5.41) is 11.0. The molecule has 1 aliphatic heterocycles. The number of amides is 1. The molecule has 0 spiro atoms. The molecule has 0 saturated carbocycles. The summed E-state index contributed by atoms with van der Waals surface area (Å²) in [6.45, 7) is 6.97. The molecule has 1 aliphatic rings. The fourth-order valence-electron chi connectivity index (χ4n) is 2.93. The molecule has 0 atom stereocenters. The number of unbranched alkanes of at least 4 members (excludes halogenated alkanes) is 1. The Balaban J connectivity index is 1.50. The van der Waals surface area contributed by atoms with E-state index in [0.29, 0.717) is 12.2 Å². The number of aromatic nitrogens is 3. The van der Waals surface area contributed by atoms with Crippen LogP contribution in [0.4, 0.5) is 0 Å². The van der Waals surface area contributed by atoms with Gasteiger partial charge >= 0.3 is 0 Å². The standard InChI is InChI=1S/C19H27N5O2/c1-2-3-4-16-5-7-17(8-6-16)24-15-18(21-22-24)19(25)20-9-10-23-11-13-26-14-12-23/h5-8,15H,2-4,9-14H2,1H3,(H,20,25). The summed E-state index contributed by atoms with van der Waals surface area (Å²) in [5.74, 6) is -0.191. The van der Waals surface area contributed by atoms with Gasteiger partial charge in [0, 0.05) is 26.2 Å². The van der Waals surface area contributed by atoms with E-state index in [-0.39, 0.29) is 5.91 Å². The molecule has 3 rings (SSSR count). The SMILES string of the molecule is CCCCc1ccc(-n2cc(C(=O)NCCN3CCOCC3)nn2)cc1. The highest BCUT2D eigenvalue weighted by Gasteiger charge is 2.13. The summed E-state index contributed by atoms with van der Waals surface area (Å²) >= 11 is 0. The number of hydrogen-bond donors (Lipinski definition) is 1. The van der Waals surface area contributed by atoms with Gasteiger partial charge in [-0.15, -0.1) is 5.10 Å². The fraction of sp³-hybridized carbons (Fsp3) is 0.526. The molecule has 1 N–H and O–H groups in total. The summed E-state index contributed by atoms with van der Waals surface area (Å²) in [5.41, 5.74) is 2.56. The van der Waals surface area contributed by atoms with Crippen molar-refractivity contribution >= 4 is 5.91 Å². The van der Waals surface area contributed by atoms with Crippen molar-refractivity contribution in [2.24, 2.45) is 0 Å². The van der Waals surface area contributed by atoms with Crippen molar-refractivity contribution in [2.75, 3.05) is 39.4 Å². The fourth-order valence-corrected chi connectivity index (χ4v) is 2.93. The Morgan fingerprint density at radius 3 is 2.73 bits per heavy atom. The lowest BCUT2D eigenvalue weighted by atomic mass is 10.1. The molecular formula is C19H27N5O2. The lowest BCUT2D eigenvalue weighted by Crippen LogP contribution is -2.41. The van der Waals surface area contributed by atoms with Gasteiger partial charge < -0.3 is 10.1 Å². The van der Waals surface area contributed by atoms with E-state index < -0.39 is 0 Å². The topological polar surface area (TPSA) is 72.3 Å². The summed E-state index contributed by atoms with van der Waals surface area (Å²) in [7, 11) is 0. The Morgan fingerprint density at radius 2 is 2.00 bits per heavy atom. The predicted molar refractivity (Wildman–Crippen MR) is 99.6 cm³/mol. The molecule has 1 aromatic heterocycles. The molecule has 7 heteroatoms. The summed E-state index contributed by atoms with van der Waals surface area (Å²) in [6.07, 6.45) is 5.14. The molecule has 0 bridgehead atoms. The van der Waals surface area contributed by atoms with Crippen molar-refractivity contribution in [3.05, 3.63) is 41.7 Å². The smallest absolute Gasteiger partial charge is 0.273 e. The van der Waals surface area contributed by atoms with Gasteiger partial charge in [-0.3, -0.25) is 9.69 Å². The van der Waals surface area contributed by atoms with E-state index in [4.69, 9.17) is 4.74 Å². The molecule has 1 aromatic carbocycles. The summed E-state index contributed by atoms with van der Waals surface area (Å²) in [4.78, 5) is 14.5. The first-order valence-corrected chi connectivity index (χ1v) is 9.36. The second-order valence-electron chi connectivity index (χ2n) is 6.53. The number of ether oxygens (including phenoxy) is 1. The van der Waals surface area contributed by atoms with Crippen LogP contribution in [0.5, 0.6) is 0 Å². The lowest BCUT2D eigenvalue weighted by molar-refractivity contribution is 0.0383. The minimum absolute atomic E-state index is 0.191. The Bertz CT molecular complexity index is 692. The van der Waals surface area contributed by atoms with Crippen LogP contribution < -0.4 is 5.32 Å². The average Bonchev–Trinajstić information content (AvgIpc) is 3.18. The molecule has 0 radical (unpaired) electrons. The van der Waals surface area contributed by atoms with Crippen LogP contribution in [0.25, 0.3) is 5.69 Å². The van der Waals surface area contributed by atoms with Crippen molar-refractivity contribution in [1.82, 2.24) is 25.2 Å². The van der Waals surface area contributed by atoms with Crippen LogP contribution in [0.1, 0.15) is 35.8 Å². The zero-order valence-corrected chi connectivity index (χ0v) is 15.4. The number of aryl methyl sites for hydroxylation is 1. The van der Waals surface area contributed by atoms with Gasteiger partial charge in [-0.05, 0) is 30.5 Å². The predicted octanol–water partition coefficient (Wildman–Crippen LogP) is 1.67. The van der Waals surface area contributed by atoms with Gasteiger partial charge in [-0.1, -0.05) is 30.7 Å². The van der Waals surface area contributed by atoms with Crippen molar-refractivity contribution in [3.8, 4) is 5.69 Å². The second kappa shape index (κ2) is 9.45. The number of carbonyl (C=O) groups excluding carboxylic acids is 1. The molecule has 1 amide bonds. The van der Waals surface area contributed by atoms with Crippen LogP contribution >= 0.6 is 0 Å². The Hall–Kier alpha value is -2.25. The summed E-state index contributed by atoms with van der Waals surface area (Å²) in [6, 6.07) is 8.24. The van der Waals surface area contributed by atoms with Gasteiger partial charge in [0.2, 0.25) is 0 Å². The highest BCUT2D eigenvalue weighted by Crippen LogP contribution is 2.11. The van der Waals surface area contributed by atoms with Crippen molar-refractivity contribution in [3.63, 3.8) is 0 Å². The maximum atomic E-state index is 12.2. The highest BCUT2D eigenvalue weighted by molar-refractivity contribution is 5.91. The molecule has 140 valence electrons. The molecular weight excluding hydrogens is 330 g/mol. The van der Waals surface area contributed by atoms with E-state index in [1.807, 2.05) is 12.1 Å². The summed E-state index contributed by atoms with van der Waals surface area (Å²) < 4.78 is 6.96. The maximum absolute atomic E-state index is 12.2. The normalized spacial score (nSPS) is 15.1. The lowest BCUT2D eigenvalue weighted by Gasteiger charge is -2.26. The maximum Gasteiger partial charge on any atom is 0.273 e. The first-order chi connectivity index (χ1) is 12.8. The van der Waals surface area contributed by atoms with Gasteiger partial charge in [-0.25, -0.2) is 4.68 Å². The van der Waals surface area contributed by atoms with Gasteiger partial charge in [-0.2, -0.15) is 0 Å². The zero-order chi connectivity index (χ0) is 18.2. The van der Waals surface area contributed by atoms with E-state index >= 15 is 0 Å². The molecule has 26 heavy (non-hydrogen) atoms. The molecule has 2 aromatic rings. The number of morpholine rings is 1. The zero-order valence-electron chi connectivity index (χ0n) is 15.4. The van der Waals surface area contributed by atoms with Gasteiger partial charge in [0.05, 0.1) is 25.1 Å². The largest absolute Gasteiger partial charge is 0.379 e. The van der Waals surface area contributed by atoms with Crippen molar-refractivity contribution < 1.29 is 9.53 Å². The molecule has 0 unspecified atom stereocenters. The minimum Gasteiger partial charge on any atom is -0.379 e. The number of carbonyl (C=O) groups is 1. The van der Waals surface area contributed by atoms with Crippen LogP contribution in [-0.4, -0.2) is 65.2 Å². The Morgan fingerprint density at radius 1 is 1.23 bits per heavy atom. The van der Waals surface area contributed by atoms with E-state index in [2.05, 4.69) is 39.6 Å². The van der Waals surface area contributed by atoms with Crippen LogP contribution in [-0.2, 0) is 11.2 Å². The van der Waals surface area contributed by atoms with Gasteiger partial charge in [0.15, 0.2) is 5.69 Å². The minimum atomic E-state index is -0.191. The van der Waals surface area contributed by atoms with Crippen LogP contribution in [0.3, 0.4) is 0 Å². The van der Waals surface area contributed by atoms with E-state index in [1.165, 1.54) is 18.4 Å². The quantitative estimate of drug-likeness (QED) is 0.778. The molecule has 0 aliphatic carbocycles. The highest BCUT2D eigenvalue weighted by atomic mass is 16.5. The number of nitrogens with one attached hydrogen (secondary N) is 1. The Kier molecular flexibility index (Phi) is 6.74. The van der Waals surface area contributed by atoms with E-state index in [1.54, 1.807) is 10.9 Å².